The van der Waals surface area contributed by atoms with Gasteiger partial charge in [0.2, 0.25) is 0 Å². The van der Waals surface area contributed by atoms with Gasteiger partial charge in [-0.15, -0.1) is 0 Å². The third-order valence-corrected chi connectivity index (χ3v) is 2.11. The van der Waals surface area contributed by atoms with E-state index in [-0.39, 0.29) is 13.2 Å². The van der Waals surface area contributed by atoms with Crippen LogP contribution in [0.3, 0.4) is 0 Å². The predicted molar refractivity (Wildman–Crippen MR) is 58.2 cm³/mol. The lowest BCUT2D eigenvalue weighted by molar-refractivity contribution is 0.0673. The Bertz CT molecular complexity index is 249. The van der Waals surface area contributed by atoms with Crippen molar-refractivity contribution in [3.05, 3.63) is 0 Å². The van der Waals surface area contributed by atoms with Gasteiger partial charge in [-0.2, -0.15) is 13.1 Å². The quantitative estimate of drug-likeness (QED) is 0.255. The number of hydrogen-bond donors (Lipinski definition) is 4. The van der Waals surface area contributed by atoms with Gasteiger partial charge in [0.05, 0.1) is 32.5 Å². The molecular formula is C7H19N3O5S. The van der Waals surface area contributed by atoms with Crippen molar-refractivity contribution in [2.24, 2.45) is 11.5 Å². The number of nitrogens with one attached hydrogen (secondary N) is 1. The van der Waals surface area contributed by atoms with Gasteiger partial charge in [-0.3, -0.25) is 4.55 Å². The summed E-state index contributed by atoms with van der Waals surface area (Å²) < 4.78 is 41.8. The van der Waals surface area contributed by atoms with Gasteiger partial charge in [0, 0.05) is 13.1 Å². The second-order valence-electron chi connectivity index (χ2n) is 3.02. The van der Waals surface area contributed by atoms with Crippen LogP contribution < -0.4 is 16.2 Å². The monoisotopic (exact) mass is 257 g/mol. The van der Waals surface area contributed by atoms with E-state index >= 15 is 0 Å². The van der Waals surface area contributed by atoms with Crippen LogP contribution in [0.1, 0.15) is 0 Å². The van der Waals surface area contributed by atoms with E-state index in [1.54, 1.807) is 0 Å². The highest BCUT2D eigenvalue weighted by Crippen LogP contribution is 1.91. The first kappa shape index (κ1) is 15.7. The molecule has 9 heteroatoms. The summed E-state index contributed by atoms with van der Waals surface area (Å²) in [6, 6.07) is -0.659. The van der Waals surface area contributed by atoms with E-state index in [9.17, 15) is 8.42 Å². The average Bonchev–Trinajstić information content (AvgIpc) is 2.16. The molecule has 0 aromatic rings. The Kier molecular flexibility index (Phi) is 8.66. The van der Waals surface area contributed by atoms with Gasteiger partial charge in [-0.1, -0.05) is 0 Å². The van der Waals surface area contributed by atoms with Crippen molar-refractivity contribution in [1.82, 2.24) is 4.72 Å². The second-order valence-corrected chi connectivity index (χ2v) is 4.20. The van der Waals surface area contributed by atoms with Crippen LogP contribution in [0.25, 0.3) is 0 Å². The standard InChI is InChI=1S/C7H19N3O5S/c8-1-3-14-5-7(6-15-4-2-9)10-16(11,12)13/h7,10H,1-6,8-9H2,(H,11,12,13). The molecule has 8 nitrogen and oxygen atoms in total. The minimum atomic E-state index is -4.27. The van der Waals surface area contributed by atoms with Crippen LogP contribution >= 0.6 is 0 Å². The Morgan fingerprint density at radius 3 is 1.88 bits per heavy atom. The molecule has 98 valence electrons. The second kappa shape index (κ2) is 8.82. The normalized spacial score (nSPS) is 12.2. The minimum absolute atomic E-state index is 0.0710. The molecule has 0 heterocycles. The summed E-state index contributed by atoms with van der Waals surface area (Å²) >= 11 is 0. The summed E-state index contributed by atoms with van der Waals surface area (Å²) in [4.78, 5) is 0. The number of rotatable bonds is 10. The number of hydrogen-bond acceptors (Lipinski definition) is 6. The summed E-state index contributed by atoms with van der Waals surface area (Å²) in [5.74, 6) is 0. The lowest BCUT2D eigenvalue weighted by Crippen LogP contribution is -2.41. The van der Waals surface area contributed by atoms with Gasteiger partial charge in [0.15, 0.2) is 0 Å². The Morgan fingerprint density at radius 2 is 1.56 bits per heavy atom. The van der Waals surface area contributed by atoms with E-state index in [1.165, 1.54) is 0 Å². The Labute approximate surface area is 95.1 Å². The van der Waals surface area contributed by atoms with Gasteiger partial charge >= 0.3 is 10.3 Å². The molecule has 16 heavy (non-hydrogen) atoms. The van der Waals surface area contributed by atoms with Crippen molar-refractivity contribution in [3.8, 4) is 0 Å². The van der Waals surface area contributed by atoms with Crippen molar-refractivity contribution >= 4 is 10.3 Å². The van der Waals surface area contributed by atoms with Crippen molar-refractivity contribution in [2.45, 2.75) is 6.04 Å². The summed E-state index contributed by atoms with van der Waals surface area (Å²) in [7, 11) is -4.27. The van der Waals surface area contributed by atoms with E-state index in [2.05, 4.69) is 0 Å². The van der Waals surface area contributed by atoms with Crippen LogP contribution in [0, 0.1) is 0 Å². The van der Waals surface area contributed by atoms with Crippen molar-refractivity contribution < 1.29 is 22.4 Å². The molecule has 0 spiro atoms. The van der Waals surface area contributed by atoms with Crippen molar-refractivity contribution in [1.29, 1.82) is 0 Å². The SMILES string of the molecule is NCCOCC(COCCN)NS(=O)(=O)O. The van der Waals surface area contributed by atoms with Gasteiger partial charge in [-0.05, 0) is 0 Å². The molecule has 0 aliphatic heterocycles. The van der Waals surface area contributed by atoms with E-state index in [0.717, 1.165) is 0 Å². The highest BCUT2D eigenvalue weighted by Gasteiger charge is 2.15. The zero-order valence-electron chi connectivity index (χ0n) is 8.96. The van der Waals surface area contributed by atoms with E-state index < -0.39 is 16.3 Å². The summed E-state index contributed by atoms with van der Waals surface area (Å²) in [6.07, 6.45) is 0. The average molecular weight is 257 g/mol. The Morgan fingerprint density at radius 1 is 1.12 bits per heavy atom. The smallest absolute Gasteiger partial charge is 0.333 e. The zero-order chi connectivity index (χ0) is 12.4. The first-order valence-electron chi connectivity index (χ1n) is 4.80. The molecule has 6 N–H and O–H groups in total. The third kappa shape index (κ3) is 10.2. The molecule has 0 saturated carbocycles. The molecule has 0 bridgehead atoms. The van der Waals surface area contributed by atoms with Gasteiger partial charge in [-0.25, -0.2) is 0 Å². The highest BCUT2D eigenvalue weighted by molar-refractivity contribution is 7.83. The van der Waals surface area contributed by atoms with E-state index in [4.69, 9.17) is 25.5 Å². The molecular weight excluding hydrogens is 238 g/mol. The summed E-state index contributed by atoms with van der Waals surface area (Å²) in [6.45, 7) is 1.43. The van der Waals surface area contributed by atoms with Crippen molar-refractivity contribution in [3.63, 3.8) is 0 Å². The first-order chi connectivity index (χ1) is 7.49. The predicted octanol–water partition coefficient (Wildman–Crippen LogP) is -2.30. The fourth-order valence-corrected chi connectivity index (χ4v) is 1.50. The molecule has 0 aliphatic carbocycles. The van der Waals surface area contributed by atoms with E-state index in [1.807, 2.05) is 4.72 Å². The molecule has 0 aromatic carbocycles. The molecule has 0 amide bonds. The largest absolute Gasteiger partial charge is 0.378 e. The fraction of sp³-hybridized carbons (Fsp3) is 1.00. The van der Waals surface area contributed by atoms with Crippen molar-refractivity contribution in [2.75, 3.05) is 39.5 Å². The van der Waals surface area contributed by atoms with Crippen LogP contribution in [0.5, 0.6) is 0 Å². The molecule has 0 radical (unpaired) electrons. The molecule has 0 aliphatic rings. The Hall–Kier alpha value is -0.290. The maximum absolute atomic E-state index is 10.6. The van der Waals surface area contributed by atoms with Crippen LogP contribution in [0.15, 0.2) is 0 Å². The minimum Gasteiger partial charge on any atom is -0.378 e. The fourth-order valence-electron chi connectivity index (χ4n) is 0.945. The highest BCUT2D eigenvalue weighted by atomic mass is 32.2. The lowest BCUT2D eigenvalue weighted by atomic mass is 10.3. The van der Waals surface area contributed by atoms with Crippen LogP contribution in [0.4, 0.5) is 0 Å². The van der Waals surface area contributed by atoms with Crippen LogP contribution in [-0.2, 0) is 19.8 Å². The topological polar surface area (TPSA) is 137 Å². The van der Waals surface area contributed by atoms with E-state index in [0.29, 0.717) is 26.3 Å². The summed E-state index contributed by atoms with van der Waals surface area (Å²) in [5.41, 5.74) is 10.4. The molecule has 0 fully saturated rings. The first-order valence-corrected chi connectivity index (χ1v) is 6.24. The van der Waals surface area contributed by atoms with Crippen LogP contribution in [0.2, 0.25) is 0 Å². The lowest BCUT2D eigenvalue weighted by Gasteiger charge is -2.16. The Balaban J connectivity index is 3.95. The molecule has 0 saturated heterocycles. The van der Waals surface area contributed by atoms with Crippen LogP contribution in [-0.4, -0.2) is 58.5 Å². The number of nitrogens with two attached hydrogens (primary N) is 2. The van der Waals surface area contributed by atoms with Gasteiger partial charge in [0.25, 0.3) is 0 Å². The third-order valence-electron chi connectivity index (χ3n) is 1.48. The molecule has 0 rings (SSSR count). The zero-order valence-corrected chi connectivity index (χ0v) is 9.78. The number of ether oxygens (including phenoxy) is 2. The molecule has 0 aromatic heterocycles. The van der Waals surface area contributed by atoms with Gasteiger partial charge < -0.3 is 20.9 Å². The van der Waals surface area contributed by atoms with Gasteiger partial charge in [0.1, 0.15) is 0 Å². The maximum atomic E-state index is 10.6. The molecule has 0 unspecified atom stereocenters. The summed E-state index contributed by atoms with van der Waals surface area (Å²) in [5, 5.41) is 0. The maximum Gasteiger partial charge on any atom is 0.333 e. The molecule has 0 atom stereocenters.